The molecule has 6 fully saturated rings. The minimum absolute atomic E-state index is 0.0233. The average molecular weight is 533 g/mol. The molecule has 5 aliphatic carbocycles. The van der Waals surface area contributed by atoms with E-state index in [9.17, 15) is 20.1 Å². The number of epoxide rings is 1. The minimum Gasteiger partial charge on any atom is -0.459 e. The summed E-state index contributed by atoms with van der Waals surface area (Å²) in [6, 6.07) is 0. The van der Waals surface area contributed by atoms with Gasteiger partial charge in [-0.3, -0.25) is 4.79 Å². The quantitative estimate of drug-likeness (QED) is 0.354. The van der Waals surface area contributed by atoms with Crippen LogP contribution in [-0.4, -0.2) is 57.4 Å². The van der Waals surface area contributed by atoms with Gasteiger partial charge in [0.2, 0.25) is 0 Å². The van der Waals surface area contributed by atoms with Gasteiger partial charge in [0.15, 0.2) is 0 Å². The lowest BCUT2D eigenvalue weighted by Crippen LogP contribution is -2.71. The molecule has 1 saturated heterocycles. The molecule has 6 heteroatoms. The van der Waals surface area contributed by atoms with Crippen LogP contribution >= 0.6 is 0 Å². The highest BCUT2D eigenvalue weighted by Gasteiger charge is 2.81. The Labute approximate surface area is 229 Å². The summed E-state index contributed by atoms with van der Waals surface area (Å²) in [6.45, 7) is 17.8. The highest BCUT2D eigenvalue weighted by molar-refractivity contribution is 5.66. The molecule has 0 aromatic rings. The number of esters is 1. The molecule has 0 radical (unpaired) electrons. The highest BCUT2D eigenvalue weighted by Crippen LogP contribution is 2.76. The predicted molar refractivity (Wildman–Crippen MR) is 144 cm³/mol. The second-order valence-electron chi connectivity index (χ2n) is 15.7. The van der Waals surface area contributed by atoms with E-state index in [0.29, 0.717) is 53.8 Å². The minimum atomic E-state index is -0.866. The molecule has 38 heavy (non-hydrogen) atoms. The number of carbonyl (C=O) groups excluding carboxylic acids is 1. The first kappa shape index (κ1) is 27.5. The van der Waals surface area contributed by atoms with Crippen molar-refractivity contribution in [3.05, 3.63) is 0 Å². The monoisotopic (exact) mass is 532 g/mol. The zero-order valence-electron chi connectivity index (χ0n) is 24.8. The summed E-state index contributed by atoms with van der Waals surface area (Å²) in [5.41, 5.74) is -1.23. The largest absolute Gasteiger partial charge is 0.459 e. The third-order valence-corrected chi connectivity index (χ3v) is 14.2. The van der Waals surface area contributed by atoms with E-state index in [4.69, 9.17) is 9.47 Å². The molecule has 0 bridgehead atoms. The van der Waals surface area contributed by atoms with Gasteiger partial charge in [0, 0.05) is 30.1 Å². The van der Waals surface area contributed by atoms with Crippen LogP contribution in [0.25, 0.3) is 0 Å². The van der Waals surface area contributed by atoms with Gasteiger partial charge in [-0.05, 0) is 78.9 Å². The van der Waals surface area contributed by atoms with E-state index >= 15 is 0 Å². The lowest BCUT2D eigenvalue weighted by atomic mass is 9.42. The molecular formula is C32H52O6. The Bertz CT molecular complexity index is 983. The fourth-order valence-electron chi connectivity index (χ4n) is 11.8. The molecule has 0 unspecified atom stereocenters. The Morgan fingerprint density at radius 3 is 2.29 bits per heavy atom. The average Bonchev–Trinajstić information content (AvgIpc) is 3.68. The Kier molecular flexibility index (Phi) is 6.09. The second-order valence-corrected chi connectivity index (χ2v) is 15.7. The molecule has 1 aliphatic heterocycles. The van der Waals surface area contributed by atoms with Gasteiger partial charge >= 0.3 is 5.97 Å². The van der Waals surface area contributed by atoms with E-state index in [2.05, 4.69) is 48.5 Å². The topological polar surface area (TPSA) is 99.5 Å². The van der Waals surface area contributed by atoms with Crippen LogP contribution in [0.4, 0.5) is 0 Å². The molecule has 5 saturated carbocycles. The molecule has 6 aliphatic rings. The van der Waals surface area contributed by atoms with Crippen molar-refractivity contribution in [1.82, 2.24) is 0 Å². The van der Waals surface area contributed by atoms with Gasteiger partial charge in [0.1, 0.15) is 11.7 Å². The van der Waals surface area contributed by atoms with Gasteiger partial charge in [-0.15, -0.1) is 0 Å². The van der Waals surface area contributed by atoms with Crippen LogP contribution in [0.3, 0.4) is 0 Å². The van der Waals surface area contributed by atoms with Crippen LogP contribution in [0.1, 0.15) is 93.9 Å². The van der Waals surface area contributed by atoms with Crippen LogP contribution in [-0.2, 0) is 14.3 Å². The van der Waals surface area contributed by atoms with E-state index in [1.165, 1.54) is 13.3 Å². The molecule has 16 atom stereocenters. The van der Waals surface area contributed by atoms with Crippen LogP contribution in [0.15, 0.2) is 0 Å². The molecule has 0 aromatic heterocycles. The van der Waals surface area contributed by atoms with Crippen molar-refractivity contribution in [2.75, 3.05) is 0 Å². The van der Waals surface area contributed by atoms with Crippen LogP contribution < -0.4 is 0 Å². The maximum atomic E-state index is 12.5. The Morgan fingerprint density at radius 1 is 0.974 bits per heavy atom. The summed E-state index contributed by atoms with van der Waals surface area (Å²) in [4.78, 5) is 12.5. The number of fused-ring (bicyclic) bond motifs is 4. The molecule has 0 amide bonds. The first-order chi connectivity index (χ1) is 17.6. The van der Waals surface area contributed by atoms with E-state index in [-0.39, 0.29) is 29.3 Å². The second kappa shape index (κ2) is 8.42. The Hall–Kier alpha value is -0.690. The van der Waals surface area contributed by atoms with Crippen molar-refractivity contribution in [3.63, 3.8) is 0 Å². The number of aliphatic hydroxyl groups is 3. The number of aliphatic hydroxyl groups excluding tert-OH is 3. The lowest BCUT2D eigenvalue weighted by molar-refractivity contribution is -0.252. The zero-order chi connectivity index (χ0) is 27.7. The van der Waals surface area contributed by atoms with E-state index in [1.54, 1.807) is 0 Å². The van der Waals surface area contributed by atoms with Gasteiger partial charge in [-0.2, -0.15) is 0 Å². The highest BCUT2D eigenvalue weighted by atomic mass is 16.6. The first-order valence-electron chi connectivity index (χ1n) is 15.5. The molecule has 1 spiro atoms. The van der Waals surface area contributed by atoms with Crippen LogP contribution in [0.5, 0.6) is 0 Å². The van der Waals surface area contributed by atoms with Gasteiger partial charge in [0.05, 0.1) is 24.4 Å². The molecule has 216 valence electrons. The third-order valence-electron chi connectivity index (χ3n) is 14.2. The Morgan fingerprint density at radius 2 is 1.66 bits per heavy atom. The maximum absolute atomic E-state index is 12.5. The van der Waals surface area contributed by atoms with Gasteiger partial charge < -0.3 is 24.8 Å². The summed E-state index contributed by atoms with van der Waals surface area (Å²) >= 11 is 0. The van der Waals surface area contributed by atoms with Gasteiger partial charge in [-0.25, -0.2) is 0 Å². The molecule has 6 nitrogen and oxygen atoms in total. The SMILES string of the molecule is CC(=O)O[C@@H]1[C@@H](O)[C@H]2[C@@H](C[C@@H]3O[C@@]34C[C@@H](O)C[C@H](O)[C@]24C)[C@@H]2CC[C@H]([C@H](C)[C@H]3C[C@]3(C)[C@@H](C)C(C)C)[C@@]12C. The maximum Gasteiger partial charge on any atom is 0.303 e. The van der Waals surface area contributed by atoms with Crippen LogP contribution in [0, 0.1) is 63.6 Å². The van der Waals surface area contributed by atoms with E-state index < -0.39 is 35.4 Å². The van der Waals surface area contributed by atoms with Gasteiger partial charge in [-0.1, -0.05) is 48.5 Å². The molecule has 0 aromatic carbocycles. The van der Waals surface area contributed by atoms with Crippen molar-refractivity contribution in [3.8, 4) is 0 Å². The number of rotatable bonds is 5. The summed E-state index contributed by atoms with van der Waals surface area (Å²) in [5, 5.41) is 34.3. The molecular weight excluding hydrogens is 480 g/mol. The standard InChI is InChI=1S/C32H52O6/c1-15(2)17(4)29(6)14-23(29)16(3)21-9-10-22-20-12-25-32(38-25)13-19(34)11-24(35)31(32,8)26(20)27(36)28(30(21,22)7)37-18(5)33/h15-17,19-28,34-36H,9-14H2,1-8H3/t16-,17-,19-,20-,21+,22-,23+,24-,25-,26+,27-,28+,29+,30+,31+,32-/m0/s1. The summed E-state index contributed by atoms with van der Waals surface area (Å²) in [5.74, 6) is 2.76. The van der Waals surface area contributed by atoms with E-state index in [1.807, 2.05) is 0 Å². The normalized spacial score (nSPS) is 58.2. The lowest BCUT2D eigenvalue weighted by Gasteiger charge is -2.63. The summed E-state index contributed by atoms with van der Waals surface area (Å²) < 4.78 is 12.6. The third kappa shape index (κ3) is 3.30. The Balaban J connectivity index is 1.37. The first-order valence-corrected chi connectivity index (χ1v) is 15.5. The fourth-order valence-corrected chi connectivity index (χ4v) is 11.8. The van der Waals surface area contributed by atoms with Crippen molar-refractivity contribution < 1.29 is 29.6 Å². The molecule has 6 rings (SSSR count). The number of hydrogen-bond donors (Lipinski definition) is 3. The van der Waals surface area contributed by atoms with Crippen LogP contribution in [0.2, 0.25) is 0 Å². The zero-order valence-corrected chi connectivity index (χ0v) is 24.8. The smallest absolute Gasteiger partial charge is 0.303 e. The van der Waals surface area contributed by atoms with Crippen molar-refractivity contribution in [1.29, 1.82) is 0 Å². The van der Waals surface area contributed by atoms with Crippen molar-refractivity contribution in [2.24, 2.45) is 63.6 Å². The summed E-state index contributed by atoms with van der Waals surface area (Å²) in [6.07, 6.45) is 2.28. The van der Waals surface area contributed by atoms with E-state index in [0.717, 1.165) is 19.3 Å². The van der Waals surface area contributed by atoms with Gasteiger partial charge in [0.25, 0.3) is 0 Å². The van der Waals surface area contributed by atoms with Crippen molar-refractivity contribution in [2.45, 2.75) is 130 Å². The molecule has 3 N–H and O–H groups in total. The summed E-state index contributed by atoms with van der Waals surface area (Å²) in [7, 11) is 0. The number of carbonyl (C=O) groups is 1. The number of hydrogen-bond acceptors (Lipinski definition) is 6. The fraction of sp³-hybridized carbons (Fsp3) is 0.969. The number of ether oxygens (including phenoxy) is 2. The van der Waals surface area contributed by atoms with Crippen molar-refractivity contribution >= 4 is 5.97 Å². The molecule has 1 heterocycles. The predicted octanol–water partition coefficient (Wildman–Crippen LogP) is 4.58.